The first kappa shape index (κ1) is 62.9. The third-order valence-corrected chi connectivity index (χ3v) is 14.8. The number of ether oxygens (including phenoxy) is 1. The van der Waals surface area contributed by atoms with Crippen LogP contribution in [0.15, 0.2) is 12.7 Å². The Morgan fingerprint density at radius 1 is 0.899 bits per heavy atom. The van der Waals surface area contributed by atoms with E-state index in [-0.39, 0.29) is 78.5 Å². The normalized spacial score (nSPS) is 20.0. The first-order valence-corrected chi connectivity index (χ1v) is 27.5. The van der Waals surface area contributed by atoms with Crippen LogP contribution in [0.2, 0.25) is 0 Å². The van der Waals surface area contributed by atoms with Gasteiger partial charge in [0.05, 0.1) is 31.3 Å². The van der Waals surface area contributed by atoms with Crippen molar-refractivity contribution in [3.05, 3.63) is 12.7 Å². The zero-order valence-corrected chi connectivity index (χ0v) is 44.6. The van der Waals surface area contributed by atoms with Gasteiger partial charge in [0.15, 0.2) is 17.7 Å². The Labute approximate surface area is 425 Å². The van der Waals surface area contributed by atoms with Crippen molar-refractivity contribution in [3.63, 3.8) is 0 Å². The van der Waals surface area contributed by atoms with Crippen LogP contribution in [0.5, 0.6) is 0 Å². The molecule has 4 amide bonds. The minimum Gasteiger partial charge on any atom is -0.386 e. The van der Waals surface area contributed by atoms with E-state index >= 15 is 0 Å². The third-order valence-electron chi connectivity index (χ3n) is 10.4. The number of thioether (sulfide) groups is 1. The first-order chi connectivity index (χ1) is 31.9. The van der Waals surface area contributed by atoms with Gasteiger partial charge in [-0.1, -0.05) is 85.0 Å². The number of unbranched alkanes of at least 4 members (excludes halogenated alkanes) is 9. The zero-order chi connectivity index (χ0) is 50.7. The topological polar surface area (TPSA) is 419 Å². The Bertz CT molecular complexity index is 2110. The average molecular weight is 1070 g/mol. The molecule has 0 aromatic carbocycles. The van der Waals surface area contributed by atoms with Crippen molar-refractivity contribution in [2.45, 2.75) is 134 Å². The number of nitrogens with one attached hydrogen (secondary N) is 3. The van der Waals surface area contributed by atoms with Gasteiger partial charge in [0.1, 0.15) is 36.3 Å². The summed E-state index contributed by atoms with van der Waals surface area (Å²) in [6.07, 6.45) is 4.94. The number of hydrogen-bond donors (Lipinski definition) is 11. The van der Waals surface area contributed by atoms with Crippen molar-refractivity contribution >= 4 is 75.8 Å². The molecule has 1 aliphatic heterocycles. The molecule has 13 N–H and O–H groups in total. The van der Waals surface area contributed by atoms with Gasteiger partial charge in [0.25, 0.3) is 0 Å². The number of hydrogen-bond acceptors (Lipinski definition) is 19. The number of primary amides is 1. The van der Waals surface area contributed by atoms with Gasteiger partial charge in [-0.05, 0) is 6.42 Å². The van der Waals surface area contributed by atoms with Crippen LogP contribution < -0.4 is 57.0 Å². The van der Waals surface area contributed by atoms with E-state index in [0.29, 0.717) is 12.2 Å². The summed E-state index contributed by atoms with van der Waals surface area (Å²) in [6.45, 7) is 2.32. The van der Waals surface area contributed by atoms with E-state index in [2.05, 4.69) is 46.7 Å². The molecule has 2 aromatic heterocycles. The van der Waals surface area contributed by atoms with Crippen LogP contribution in [0, 0.1) is 5.41 Å². The van der Waals surface area contributed by atoms with Crippen LogP contribution in [0.4, 0.5) is 5.82 Å². The Morgan fingerprint density at radius 3 is 2.14 bits per heavy atom. The number of rotatable bonds is 34. The molecule has 1 fully saturated rings. The third kappa shape index (κ3) is 22.6. The van der Waals surface area contributed by atoms with E-state index < -0.39 is 95.7 Å². The van der Waals surface area contributed by atoms with Crippen molar-refractivity contribution < 1.29 is 115 Å². The molecule has 0 spiro atoms. The molecule has 27 nitrogen and oxygen atoms in total. The molecule has 0 aliphatic carbocycles. The molecule has 69 heavy (non-hydrogen) atoms. The van der Waals surface area contributed by atoms with Gasteiger partial charge >= 0.3 is 53.0 Å². The molecular weight excluding hydrogens is 1010 g/mol. The number of aromatic nitrogens is 4. The SMILES string of the molecule is CCCCCCCCCCCCC(SCCNC(=O)CCNC(=O)C(O)C(C)(C)COP(=O)(O)OP(=O)(O)OCC1OC(n2cnc3c(N)ncnc32)C(O)C1OP(=O)(O)O)C(=O)NCC(N)=O.[Na+]. The Morgan fingerprint density at radius 2 is 1.52 bits per heavy atom. The van der Waals surface area contributed by atoms with E-state index in [1.54, 1.807) is 0 Å². The largest absolute Gasteiger partial charge is 1.00 e. The number of nitrogen functional groups attached to an aromatic ring is 1. The molecular formula is C37H66N9NaO18P3S+. The summed E-state index contributed by atoms with van der Waals surface area (Å²) in [4.78, 5) is 100. The van der Waals surface area contributed by atoms with Gasteiger partial charge in [0.2, 0.25) is 23.6 Å². The molecule has 8 atom stereocenters. The van der Waals surface area contributed by atoms with Crippen LogP contribution in [-0.2, 0) is 55.5 Å². The van der Waals surface area contributed by atoms with Gasteiger partial charge < -0.3 is 61.9 Å². The second kappa shape index (κ2) is 30.1. The number of carbonyl (C=O) groups excluding carboxylic acids is 4. The van der Waals surface area contributed by atoms with Crippen molar-refractivity contribution in [1.29, 1.82) is 0 Å². The minimum absolute atomic E-state index is 0. The van der Waals surface area contributed by atoms with Gasteiger partial charge in [0, 0.05) is 30.7 Å². The number of phosphoric ester groups is 3. The van der Waals surface area contributed by atoms with E-state index in [9.17, 15) is 62.7 Å². The van der Waals surface area contributed by atoms with Crippen molar-refractivity contribution in [2.24, 2.45) is 11.1 Å². The van der Waals surface area contributed by atoms with Crippen LogP contribution in [0.3, 0.4) is 0 Å². The molecule has 32 heteroatoms. The molecule has 0 bridgehead atoms. The number of anilines is 1. The summed E-state index contributed by atoms with van der Waals surface area (Å²) in [5, 5.41) is 28.8. The van der Waals surface area contributed by atoms with Gasteiger partial charge in [-0.15, -0.1) is 11.8 Å². The predicted molar refractivity (Wildman–Crippen MR) is 245 cm³/mol. The summed E-state index contributed by atoms with van der Waals surface area (Å²) >= 11 is 1.33. The molecule has 388 valence electrons. The van der Waals surface area contributed by atoms with Crippen LogP contribution in [-0.4, -0.2) is 141 Å². The molecule has 3 heterocycles. The van der Waals surface area contributed by atoms with Crippen molar-refractivity contribution in [3.8, 4) is 0 Å². The Balaban J connectivity index is 0.0000163. The summed E-state index contributed by atoms with van der Waals surface area (Å²) in [5.41, 5.74) is 9.42. The second-order valence-electron chi connectivity index (χ2n) is 16.6. The standard InChI is InChI=1S/C37H66N9O18P3S.Na/c1-4-5-6-7-8-9-10-11-12-13-14-25(34(51)42-19-26(38)47)68-18-17-40-27(48)15-16-41-35(52)31(50)37(2,3)21-61-67(58,59)64-66(56,57)60-20-24-30(63-65(53,54)55)29(49)36(62-24)46-23-45-28-32(39)43-22-44-33(28)46;/h22-25,29-31,36,49-50H,4-21H2,1-3H3,(H2,38,47)(H,40,48)(H,41,52)(H,42,51)(H,56,57)(H,58,59)(H2,39,43,44)(H2,53,54,55);/q;+1. The second-order valence-corrected chi connectivity index (χ2v) is 22.1. The van der Waals surface area contributed by atoms with Gasteiger partial charge in [-0.2, -0.15) is 4.31 Å². The monoisotopic (exact) mass is 1070 g/mol. The molecule has 3 rings (SSSR count). The van der Waals surface area contributed by atoms with Crippen molar-refractivity contribution in [1.82, 2.24) is 35.5 Å². The van der Waals surface area contributed by atoms with E-state index in [1.807, 2.05) is 0 Å². The van der Waals surface area contributed by atoms with E-state index in [4.69, 9.17) is 25.3 Å². The summed E-state index contributed by atoms with van der Waals surface area (Å²) in [5.74, 6) is -2.10. The van der Waals surface area contributed by atoms with Crippen LogP contribution in [0.25, 0.3) is 11.2 Å². The van der Waals surface area contributed by atoms with Crippen molar-refractivity contribution in [2.75, 3.05) is 44.3 Å². The summed E-state index contributed by atoms with van der Waals surface area (Å²) in [7, 11) is -16.5. The molecule has 1 saturated heterocycles. The first-order valence-electron chi connectivity index (χ1n) is 21.9. The molecule has 8 unspecified atom stereocenters. The van der Waals surface area contributed by atoms with Crippen LogP contribution >= 0.6 is 35.2 Å². The summed E-state index contributed by atoms with van der Waals surface area (Å²) < 4.78 is 62.5. The number of aliphatic hydroxyl groups excluding tert-OH is 2. The summed E-state index contributed by atoms with van der Waals surface area (Å²) in [6, 6.07) is 0. The molecule has 0 saturated carbocycles. The Kier molecular flexibility index (Phi) is 27.5. The quantitative estimate of drug-likeness (QED) is 0.0214. The molecule has 1 aliphatic rings. The molecule has 2 aromatic rings. The molecule has 0 radical (unpaired) electrons. The number of nitrogens with zero attached hydrogens (tertiary/aromatic N) is 4. The number of fused-ring (bicyclic) bond motifs is 1. The van der Waals surface area contributed by atoms with Crippen LogP contribution in [0.1, 0.15) is 104 Å². The smallest absolute Gasteiger partial charge is 0.386 e. The predicted octanol–water partition coefficient (Wildman–Crippen LogP) is -1.58. The maximum absolute atomic E-state index is 12.8. The maximum atomic E-state index is 12.8. The fourth-order valence-corrected chi connectivity index (χ4v) is 10.6. The number of amides is 4. The fraction of sp³-hybridized carbons (Fsp3) is 0.757. The number of nitrogens with two attached hydrogens (primary N) is 2. The number of imidazole rings is 1. The van der Waals surface area contributed by atoms with Gasteiger partial charge in [-0.25, -0.2) is 28.6 Å². The zero-order valence-electron chi connectivity index (χ0n) is 39.1. The fourth-order valence-electron chi connectivity index (χ4n) is 6.73. The average Bonchev–Trinajstić information content (AvgIpc) is 3.82. The van der Waals surface area contributed by atoms with Gasteiger partial charge in [-0.3, -0.25) is 37.3 Å². The Hall–Kier alpha value is -2.17. The number of carbonyl (C=O) groups is 4. The van der Waals surface area contributed by atoms with E-state index in [1.165, 1.54) is 64.1 Å². The van der Waals surface area contributed by atoms with E-state index in [0.717, 1.165) is 42.9 Å². The number of phosphoric acid groups is 3. The minimum atomic E-state index is -5.60. The maximum Gasteiger partial charge on any atom is 1.00 e. The number of aliphatic hydroxyl groups is 2.